The van der Waals surface area contributed by atoms with Gasteiger partial charge in [0.1, 0.15) is 5.75 Å². The van der Waals surface area contributed by atoms with Crippen LogP contribution in [-0.2, 0) is 0 Å². The molecule has 0 aromatic heterocycles. The minimum atomic E-state index is -0.273. The molecule has 1 aromatic rings. The average Bonchev–Trinajstić information content (AvgIpc) is 2.28. The highest BCUT2D eigenvalue weighted by Crippen LogP contribution is 2.26. The van der Waals surface area contributed by atoms with E-state index in [1.165, 1.54) is 0 Å². The number of ether oxygens (including phenoxy) is 1. The standard InChI is InChI=1S/C12H12BrNO2/c1-8(5-6-14)12(15)9-3-4-11(16-2)10(13)7-9/h3-4,7-8H,5H2,1-2H3. The lowest BCUT2D eigenvalue weighted by Gasteiger charge is -2.08. The van der Waals surface area contributed by atoms with Crippen LogP contribution in [0.2, 0.25) is 0 Å². The summed E-state index contributed by atoms with van der Waals surface area (Å²) in [5.74, 6) is 0.389. The summed E-state index contributed by atoms with van der Waals surface area (Å²) in [6, 6.07) is 7.16. The monoisotopic (exact) mass is 281 g/mol. The quantitative estimate of drug-likeness (QED) is 0.797. The van der Waals surface area contributed by atoms with E-state index in [1.54, 1.807) is 32.2 Å². The Morgan fingerprint density at radius 2 is 2.31 bits per heavy atom. The Hall–Kier alpha value is -1.34. The number of benzene rings is 1. The Balaban J connectivity index is 2.94. The van der Waals surface area contributed by atoms with Crippen LogP contribution in [0.4, 0.5) is 0 Å². The second-order valence-corrected chi connectivity index (χ2v) is 4.33. The van der Waals surface area contributed by atoms with Gasteiger partial charge in [-0.2, -0.15) is 5.26 Å². The molecule has 0 N–H and O–H groups in total. The summed E-state index contributed by atoms with van der Waals surface area (Å²) in [5, 5.41) is 8.54. The molecular formula is C12H12BrNO2. The number of methoxy groups -OCH3 is 1. The zero-order valence-electron chi connectivity index (χ0n) is 9.16. The zero-order chi connectivity index (χ0) is 12.1. The first-order valence-corrected chi connectivity index (χ1v) is 5.64. The minimum Gasteiger partial charge on any atom is -0.496 e. The molecule has 84 valence electrons. The fourth-order valence-corrected chi connectivity index (χ4v) is 1.87. The predicted molar refractivity (Wildman–Crippen MR) is 64.4 cm³/mol. The topological polar surface area (TPSA) is 50.1 Å². The number of nitrogens with zero attached hydrogens (tertiary/aromatic N) is 1. The number of rotatable bonds is 4. The van der Waals surface area contributed by atoms with Crippen molar-refractivity contribution >= 4 is 21.7 Å². The smallest absolute Gasteiger partial charge is 0.166 e. The van der Waals surface area contributed by atoms with Crippen LogP contribution in [0, 0.1) is 17.2 Å². The van der Waals surface area contributed by atoms with Gasteiger partial charge in [0, 0.05) is 17.9 Å². The molecule has 1 atom stereocenters. The van der Waals surface area contributed by atoms with Crippen LogP contribution in [-0.4, -0.2) is 12.9 Å². The fourth-order valence-electron chi connectivity index (χ4n) is 1.33. The van der Waals surface area contributed by atoms with E-state index in [1.807, 2.05) is 6.07 Å². The Kier molecular flexibility index (Phi) is 4.51. The molecule has 0 saturated carbocycles. The van der Waals surface area contributed by atoms with Crippen LogP contribution >= 0.6 is 15.9 Å². The van der Waals surface area contributed by atoms with Crippen LogP contribution in [0.25, 0.3) is 0 Å². The summed E-state index contributed by atoms with van der Waals surface area (Å²) in [4.78, 5) is 11.9. The summed E-state index contributed by atoms with van der Waals surface area (Å²) >= 11 is 3.32. The number of Topliss-reactive ketones (excluding diaryl/α,β-unsaturated/α-hetero) is 1. The van der Waals surface area contributed by atoms with Crippen molar-refractivity contribution in [3.63, 3.8) is 0 Å². The van der Waals surface area contributed by atoms with Crippen molar-refractivity contribution in [3.8, 4) is 11.8 Å². The molecule has 0 radical (unpaired) electrons. The van der Waals surface area contributed by atoms with Crippen molar-refractivity contribution < 1.29 is 9.53 Å². The SMILES string of the molecule is COc1ccc(C(=O)C(C)CC#N)cc1Br. The van der Waals surface area contributed by atoms with Crippen molar-refractivity contribution in [1.82, 2.24) is 0 Å². The molecule has 16 heavy (non-hydrogen) atoms. The van der Waals surface area contributed by atoms with Crippen molar-refractivity contribution in [2.75, 3.05) is 7.11 Å². The molecule has 0 amide bonds. The second-order valence-electron chi connectivity index (χ2n) is 3.48. The number of halogens is 1. The van der Waals surface area contributed by atoms with E-state index in [9.17, 15) is 4.79 Å². The molecule has 4 heteroatoms. The zero-order valence-corrected chi connectivity index (χ0v) is 10.7. The van der Waals surface area contributed by atoms with Gasteiger partial charge in [0.05, 0.1) is 17.7 Å². The van der Waals surface area contributed by atoms with E-state index >= 15 is 0 Å². The summed E-state index contributed by atoms with van der Waals surface area (Å²) in [6.45, 7) is 1.75. The molecule has 1 rings (SSSR count). The first-order chi connectivity index (χ1) is 7.60. The Morgan fingerprint density at radius 1 is 1.62 bits per heavy atom. The van der Waals surface area contributed by atoms with Crippen molar-refractivity contribution in [2.45, 2.75) is 13.3 Å². The molecule has 0 bridgehead atoms. The molecule has 0 spiro atoms. The number of hydrogen-bond donors (Lipinski definition) is 0. The highest BCUT2D eigenvalue weighted by molar-refractivity contribution is 9.10. The highest BCUT2D eigenvalue weighted by atomic mass is 79.9. The second kappa shape index (κ2) is 5.66. The van der Waals surface area contributed by atoms with Gasteiger partial charge in [0.2, 0.25) is 0 Å². The fraction of sp³-hybridized carbons (Fsp3) is 0.333. The average molecular weight is 282 g/mol. The first-order valence-electron chi connectivity index (χ1n) is 4.84. The summed E-state index contributed by atoms with van der Waals surface area (Å²) in [5.41, 5.74) is 0.593. The van der Waals surface area contributed by atoms with E-state index in [0.717, 1.165) is 4.47 Å². The van der Waals surface area contributed by atoms with E-state index < -0.39 is 0 Å². The van der Waals surface area contributed by atoms with Gasteiger partial charge in [0.25, 0.3) is 0 Å². The molecular weight excluding hydrogens is 270 g/mol. The largest absolute Gasteiger partial charge is 0.496 e. The van der Waals surface area contributed by atoms with Gasteiger partial charge < -0.3 is 4.74 Å². The maximum Gasteiger partial charge on any atom is 0.166 e. The molecule has 1 aromatic carbocycles. The van der Waals surface area contributed by atoms with Gasteiger partial charge in [-0.3, -0.25) is 4.79 Å². The Labute approximate surface area is 103 Å². The summed E-state index contributed by atoms with van der Waals surface area (Å²) in [6.07, 6.45) is 0.239. The van der Waals surface area contributed by atoms with Crippen molar-refractivity contribution in [1.29, 1.82) is 5.26 Å². The van der Waals surface area contributed by atoms with Crippen molar-refractivity contribution in [2.24, 2.45) is 5.92 Å². The summed E-state index contributed by atoms with van der Waals surface area (Å²) < 4.78 is 5.82. The molecule has 0 fully saturated rings. The van der Waals surface area contributed by atoms with Gasteiger partial charge >= 0.3 is 0 Å². The molecule has 3 nitrogen and oxygen atoms in total. The lowest BCUT2D eigenvalue weighted by molar-refractivity contribution is 0.0932. The minimum absolute atomic E-state index is 0.0232. The molecule has 1 unspecified atom stereocenters. The third-order valence-electron chi connectivity index (χ3n) is 2.28. The first kappa shape index (κ1) is 12.7. The van der Waals surface area contributed by atoms with E-state index in [-0.39, 0.29) is 18.1 Å². The Morgan fingerprint density at radius 3 is 2.81 bits per heavy atom. The highest BCUT2D eigenvalue weighted by Gasteiger charge is 2.15. The lowest BCUT2D eigenvalue weighted by Crippen LogP contribution is -2.10. The van der Waals surface area contributed by atoms with Gasteiger partial charge in [0.15, 0.2) is 5.78 Å². The molecule has 0 aliphatic heterocycles. The number of hydrogen-bond acceptors (Lipinski definition) is 3. The third kappa shape index (κ3) is 2.83. The number of ketones is 1. The normalized spacial score (nSPS) is 11.6. The predicted octanol–water partition coefficient (Wildman–Crippen LogP) is 3.19. The lowest BCUT2D eigenvalue weighted by atomic mass is 9.97. The maximum atomic E-state index is 11.9. The Bertz CT molecular complexity index is 437. The van der Waals surface area contributed by atoms with Gasteiger partial charge in [-0.05, 0) is 34.1 Å². The van der Waals surface area contributed by atoms with Crippen LogP contribution in [0.5, 0.6) is 5.75 Å². The molecule has 0 aliphatic rings. The molecule has 0 aliphatic carbocycles. The van der Waals surface area contributed by atoms with Gasteiger partial charge in [-0.1, -0.05) is 6.92 Å². The van der Waals surface area contributed by atoms with E-state index in [4.69, 9.17) is 10.00 Å². The van der Waals surface area contributed by atoms with E-state index in [2.05, 4.69) is 15.9 Å². The van der Waals surface area contributed by atoms with Crippen molar-refractivity contribution in [3.05, 3.63) is 28.2 Å². The number of carbonyl (C=O) groups excluding carboxylic acids is 1. The van der Waals surface area contributed by atoms with Crippen LogP contribution < -0.4 is 4.74 Å². The maximum absolute atomic E-state index is 11.9. The van der Waals surface area contributed by atoms with Crippen LogP contribution in [0.15, 0.2) is 22.7 Å². The van der Waals surface area contributed by atoms with E-state index in [0.29, 0.717) is 11.3 Å². The third-order valence-corrected chi connectivity index (χ3v) is 2.90. The van der Waals surface area contributed by atoms with Crippen LogP contribution in [0.1, 0.15) is 23.7 Å². The van der Waals surface area contributed by atoms with Gasteiger partial charge in [-0.15, -0.1) is 0 Å². The number of nitriles is 1. The number of carbonyl (C=O) groups is 1. The molecule has 0 heterocycles. The molecule has 0 saturated heterocycles. The van der Waals surface area contributed by atoms with Gasteiger partial charge in [-0.25, -0.2) is 0 Å². The summed E-state index contributed by atoms with van der Waals surface area (Å²) in [7, 11) is 1.57. The van der Waals surface area contributed by atoms with Crippen LogP contribution in [0.3, 0.4) is 0 Å².